The van der Waals surface area contributed by atoms with Gasteiger partial charge in [-0.2, -0.15) is 0 Å². The summed E-state index contributed by atoms with van der Waals surface area (Å²) in [5, 5.41) is 4.98. The van der Waals surface area contributed by atoms with E-state index in [1.807, 2.05) is 30.3 Å². The maximum atomic E-state index is 13.6. The third kappa shape index (κ3) is 2.81. The van der Waals surface area contributed by atoms with Crippen molar-refractivity contribution in [1.82, 2.24) is 5.32 Å². The van der Waals surface area contributed by atoms with Crippen LogP contribution in [-0.2, 0) is 6.54 Å². The second-order valence-electron chi connectivity index (χ2n) is 4.07. The molecule has 0 aliphatic rings. The largest absolute Gasteiger partial charge is 0.330 e. The SMILES string of the molecule is NCCCNCc1ccc(F)c2ccccc12. The minimum atomic E-state index is -0.161. The Morgan fingerprint density at radius 3 is 2.59 bits per heavy atom. The van der Waals surface area contributed by atoms with Crippen LogP contribution in [0, 0.1) is 5.82 Å². The molecule has 0 bridgehead atoms. The van der Waals surface area contributed by atoms with Gasteiger partial charge in [-0.15, -0.1) is 0 Å². The second-order valence-corrected chi connectivity index (χ2v) is 4.07. The van der Waals surface area contributed by atoms with Gasteiger partial charge in [0, 0.05) is 11.9 Å². The molecule has 2 nitrogen and oxygen atoms in total. The minimum absolute atomic E-state index is 0.161. The molecule has 0 fully saturated rings. The highest BCUT2D eigenvalue weighted by atomic mass is 19.1. The molecule has 0 saturated carbocycles. The van der Waals surface area contributed by atoms with Crippen molar-refractivity contribution in [2.45, 2.75) is 13.0 Å². The topological polar surface area (TPSA) is 38.0 Å². The monoisotopic (exact) mass is 232 g/mol. The van der Waals surface area contributed by atoms with E-state index in [1.165, 1.54) is 6.07 Å². The summed E-state index contributed by atoms with van der Waals surface area (Å²) in [6.07, 6.45) is 0.957. The maximum Gasteiger partial charge on any atom is 0.131 e. The van der Waals surface area contributed by atoms with E-state index in [9.17, 15) is 4.39 Å². The molecule has 0 amide bonds. The number of fused-ring (bicyclic) bond motifs is 1. The van der Waals surface area contributed by atoms with E-state index < -0.39 is 0 Å². The Hall–Kier alpha value is -1.45. The zero-order valence-corrected chi connectivity index (χ0v) is 9.75. The highest BCUT2D eigenvalue weighted by Gasteiger charge is 2.04. The fourth-order valence-corrected chi connectivity index (χ4v) is 1.93. The van der Waals surface area contributed by atoms with E-state index in [4.69, 9.17) is 5.73 Å². The van der Waals surface area contributed by atoms with Gasteiger partial charge in [-0.05, 0) is 36.5 Å². The van der Waals surface area contributed by atoms with Crippen LogP contribution in [0.3, 0.4) is 0 Å². The van der Waals surface area contributed by atoms with E-state index in [-0.39, 0.29) is 5.82 Å². The molecule has 0 radical (unpaired) electrons. The summed E-state index contributed by atoms with van der Waals surface area (Å²) >= 11 is 0. The van der Waals surface area contributed by atoms with Gasteiger partial charge in [-0.3, -0.25) is 0 Å². The van der Waals surface area contributed by atoms with Gasteiger partial charge in [0.25, 0.3) is 0 Å². The van der Waals surface area contributed by atoms with Crippen LogP contribution in [0.2, 0.25) is 0 Å². The zero-order valence-electron chi connectivity index (χ0n) is 9.75. The van der Waals surface area contributed by atoms with Gasteiger partial charge in [0.2, 0.25) is 0 Å². The predicted octanol–water partition coefficient (Wildman–Crippen LogP) is 2.42. The molecule has 0 spiro atoms. The molecule has 0 unspecified atom stereocenters. The van der Waals surface area contributed by atoms with Gasteiger partial charge in [-0.1, -0.05) is 30.3 Å². The van der Waals surface area contributed by atoms with Crippen molar-refractivity contribution in [2.75, 3.05) is 13.1 Å². The molecule has 2 aromatic rings. The Morgan fingerprint density at radius 1 is 1.06 bits per heavy atom. The Kier molecular flexibility index (Phi) is 4.07. The Balaban J connectivity index is 2.20. The smallest absolute Gasteiger partial charge is 0.131 e. The van der Waals surface area contributed by atoms with Crippen molar-refractivity contribution >= 4 is 10.8 Å². The molecule has 2 rings (SSSR count). The van der Waals surface area contributed by atoms with Gasteiger partial charge in [0.1, 0.15) is 5.82 Å². The Labute approximate surface area is 101 Å². The summed E-state index contributed by atoms with van der Waals surface area (Å²) in [4.78, 5) is 0. The predicted molar refractivity (Wildman–Crippen MR) is 69.3 cm³/mol. The first-order valence-corrected chi connectivity index (χ1v) is 5.90. The van der Waals surface area contributed by atoms with Gasteiger partial charge in [0.15, 0.2) is 0 Å². The van der Waals surface area contributed by atoms with Gasteiger partial charge in [-0.25, -0.2) is 4.39 Å². The first-order valence-electron chi connectivity index (χ1n) is 5.90. The average Bonchev–Trinajstić information content (AvgIpc) is 2.37. The van der Waals surface area contributed by atoms with Crippen LogP contribution >= 0.6 is 0 Å². The molecular formula is C14H17FN2. The Bertz CT molecular complexity index is 497. The van der Waals surface area contributed by atoms with Gasteiger partial charge < -0.3 is 11.1 Å². The van der Waals surface area contributed by atoms with E-state index in [1.54, 1.807) is 0 Å². The van der Waals surface area contributed by atoms with Crippen molar-refractivity contribution in [2.24, 2.45) is 5.73 Å². The lowest BCUT2D eigenvalue weighted by atomic mass is 10.0. The van der Waals surface area contributed by atoms with E-state index in [0.717, 1.165) is 30.5 Å². The lowest BCUT2D eigenvalue weighted by Gasteiger charge is -2.08. The quantitative estimate of drug-likeness (QED) is 0.777. The molecule has 0 atom stereocenters. The summed E-state index contributed by atoms with van der Waals surface area (Å²) in [6.45, 7) is 2.33. The second kappa shape index (κ2) is 5.75. The molecular weight excluding hydrogens is 215 g/mol. The first kappa shape index (κ1) is 12.0. The molecule has 3 heteroatoms. The van der Waals surface area contributed by atoms with Gasteiger partial charge >= 0.3 is 0 Å². The molecule has 0 aliphatic heterocycles. The molecule has 2 aromatic carbocycles. The number of hydrogen-bond donors (Lipinski definition) is 2. The summed E-state index contributed by atoms with van der Waals surface area (Å²) in [6, 6.07) is 10.9. The standard InChI is InChI=1S/C14H17FN2/c15-14-7-6-11(10-17-9-3-8-16)12-4-1-2-5-13(12)14/h1-2,4-7,17H,3,8-10,16H2. The third-order valence-electron chi connectivity index (χ3n) is 2.83. The fraction of sp³-hybridized carbons (Fsp3) is 0.286. The minimum Gasteiger partial charge on any atom is -0.330 e. The average molecular weight is 232 g/mol. The van der Waals surface area contributed by atoms with E-state index in [2.05, 4.69) is 5.32 Å². The lowest BCUT2D eigenvalue weighted by molar-refractivity contribution is 0.636. The molecule has 0 heterocycles. The number of benzene rings is 2. The number of nitrogens with two attached hydrogens (primary N) is 1. The Morgan fingerprint density at radius 2 is 1.82 bits per heavy atom. The third-order valence-corrected chi connectivity index (χ3v) is 2.83. The number of rotatable bonds is 5. The summed E-state index contributed by atoms with van der Waals surface area (Å²) in [5.74, 6) is -0.161. The first-order chi connectivity index (χ1) is 8.33. The summed E-state index contributed by atoms with van der Waals surface area (Å²) in [7, 11) is 0. The van der Waals surface area contributed by atoms with Crippen molar-refractivity contribution in [3.05, 3.63) is 47.8 Å². The molecule has 17 heavy (non-hydrogen) atoms. The number of halogens is 1. The normalized spacial score (nSPS) is 10.9. The van der Waals surface area contributed by atoms with Crippen LogP contribution in [0.5, 0.6) is 0 Å². The maximum absolute atomic E-state index is 13.6. The molecule has 3 N–H and O–H groups in total. The van der Waals surface area contributed by atoms with Crippen molar-refractivity contribution in [3.63, 3.8) is 0 Å². The highest BCUT2D eigenvalue weighted by molar-refractivity contribution is 5.86. The summed E-state index contributed by atoms with van der Waals surface area (Å²) in [5.41, 5.74) is 6.55. The molecule has 0 aromatic heterocycles. The van der Waals surface area contributed by atoms with Crippen LogP contribution in [0.4, 0.5) is 4.39 Å². The van der Waals surface area contributed by atoms with Crippen molar-refractivity contribution < 1.29 is 4.39 Å². The van der Waals surface area contributed by atoms with Crippen LogP contribution in [0.15, 0.2) is 36.4 Å². The molecule has 0 saturated heterocycles. The van der Waals surface area contributed by atoms with E-state index in [0.29, 0.717) is 11.9 Å². The van der Waals surface area contributed by atoms with Crippen LogP contribution < -0.4 is 11.1 Å². The number of nitrogens with one attached hydrogen (secondary N) is 1. The van der Waals surface area contributed by atoms with Crippen LogP contribution in [-0.4, -0.2) is 13.1 Å². The fourth-order valence-electron chi connectivity index (χ4n) is 1.93. The number of hydrogen-bond acceptors (Lipinski definition) is 2. The highest BCUT2D eigenvalue weighted by Crippen LogP contribution is 2.21. The molecule has 0 aliphatic carbocycles. The van der Waals surface area contributed by atoms with Gasteiger partial charge in [0.05, 0.1) is 0 Å². The lowest BCUT2D eigenvalue weighted by Crippen LogP contribution is -2.17. The molecule has 90 valence electrons. The van der Waals surface area contributed by atoms with Crippen molar-refractivity contribution in [3.8, 4) is 0 Å². The van der Waals surface area contributed by atoms with Crippen LogP contribution in [0.25, 0.3) is 10.8 Å². The van der Waals surface area contributed by atoms with Crippen LogP contribution in [0.1, 0.15) is 12.0 Å². The zero-order chi connectivity index (χ0) is 12.1. The van der Waals surface area contributed by atoms with Crippen molar-refractivity contribution in [1.29, 1.82) is 0 Å². The van der Waals surface area contributed by atoms with E-state index >= 15 is 0 Å². The summed E-state index contributed by atoms with van der Waals surface area (Å²) < 4.78 is 13.6.